The molecule has 1 aliphatic heterocycles. The van der Waals surface area contributed by atoms with Gasteiger partial charge >= 0.3 is 0 Å². The van der Waals surface area contributed by atoms with Crippen LogP contribution < -0.4 is 0 Å². The third-order valence-corrected chi connectivity index (χ3v) is 6.01. The Labute approximate surface area is 119 Å². The largest absolute Gasteiger partial charge is 0.395 e. The van der Waals surface area contributed by atoms with E-state index in [1.807, 2.05) is 6.07 Å². The Balaban J connectivity index is 1.94. The van der Waals surface area contributed by atoms with Gasteiger partial charge in [-0.1, -0.05) is 6.07 Å². The second kappa shape index (κ2) is 5.44. The van der Waals surface area contributed by atoms with E-state index in [1.165, 1.54) is 9.87 Å². The minimum absolute atomic E-state index is 0.218. The molecule has 6 heteroatoms. The van der Waals surface area contributed by atoms with Gasteiger partial charge in [-0.05, 0) is 42.5 Å². The zero-order chi connectivity index (χ0) is 14.2. The van der Waals surface area contributed by atoms with Gasteiger partial charge < -0.3 is 9.84 Å². The summed E-state index contributed by atoms with van der Waals surface area (Å²) < 4.78 is 32.0. The summed E-state index contributed by atoms with van der Waals surface area (Å²) in [6.45, 7) is 0.705. The van der Waals surface area contributed by atoms with Gasteiger partial charge in [0.25, 0.3) is 0 Å². The van der Waals surface area contributed by atoms with Crippen molar-refractivity contribution in [3.05, 3.63) is 29.3 Å². The Hall–Kier alpha value is -0.950. The van der Waals surface area contributed by atoms with E-state index in [1.54, 1.807) is 12.1 Å². The number of aryl methyl sites for hydroxylation is 2. The van der Waals surface area contributed by atoms with Gasteiger partial charge in [-0.2, -0.15) is 4.31 Å². The zero-order valence-electron chi connectivity index (χ0n) is 11.3. The lowest BCUT2D eigenvalue weighted by molar-refractivity contribution is 0.0109. The average molecular weight is 297 g/mol. The van der Waals surface area contributed by atoms with Gasteiger partial charge in [-0.3, -0.25) is 0 Å². The molecule has 0 saturated carbocycles. The lowest BCUT2D eigenvalue weighted by Gasteiger charge is -2.33. The van der Waals surface area contributed by atoms with Crippen LogP contribution in [-0.4, -0.2) is 50.2 Å². The molecule has 1 saturated heterocycles. The van der Waals surface area contributed by atoms with E-state index in [0.717, 1.165) is 24.8 Å². The fraction of sp³-hybridized carbons (Fsp3) is 0.571. The van der Waals surface area contributed by atoms with Crippen molar-refractivity contribution in [1.29, 1.82) is 0 Å². The predicted octanol–water partition coefficient (Wildman–Crippen LogP) is 0.557. The number of aliphatic hydroxyl groups is 1. The molecule has 1 heterocycles. The van der Waals surface area contributed by atoms with Gasteiger partial charge in [0, 0.05) is 6.54 Å². The first-order valence-electron chi connectivity index (χ1n) is 6.95. The number of ether oxygens (including phenoxy) is 1. The fourth-order valence-corrected chi connectivity index (χ4v) is 4.58. The van der Waals surface area contributed by atoms with Crippen molar-refractivity contribution < 1.29 is 18.3 Å². The molecule has 0 amide bonds. The molecule has 1 atom stereocenters. The van der Waals surface area contributed by atoms with Crippen LogP contribution in [0.1, 0.15) is 17.5 Å². The molecule has 1 aromatic carbocycles. The van der Waals surface area contributed by atoms with Crippen molar-refractivity contribution in [2.45, 2.75) is 30.2 Å². The molecule has 3 rings (SSSR count). The number of aliphatic hydroxyl groups excluding tert-OH is 1. The van der Waals surface area contributed by atoms with Crippen molar-refractivity contribution in [3.8, 4) is 0 Å². The van der Waals surface area contributed by atoms with Gasteiger partial charge in [0.2, 0.25) is 10.0 Å². The quantitative estimate of drug-likeness (QED) is 0.885. The van der Waals surface area contributed by atoms with Crippen LogP contribution in [0.5, 0.6) is 0 Å². The van der Waals surface area contributed by atoms with E-state index in [-0.39, 0.29) is 13.2 Å². The van der Waals surface area contributed by atoms with Crippen molar-refractivity contribution in [2.24, 2.45) is 0 Å². The Morgan fingerprint density at radius 2 is 2.10 bits per heavy atom. The summed E-state index contributed by atoms with van der Waals surface area (Å²) in [7, 11) is -3.55. The van der Waals surface area contributed by atoms with E-state index in [2.05, 4.69) is 0 Å². The predicted molar refractivity (Wildman–Crippen MR) is 74.1 cm³/mol. The van der Waals surface area contributed by atoms with Crippen molar-refractivity contribution in [2.75, 3.05) is 26.4 Å². The minimum Gasteiger partial charge on any atom is -0.395 e. The normalized spacial score (nSPS) is 23.8. The lowest BCUT2D eigenvalue weighted by Crippen LogP contribution is -2.50. The zero-order valence-corrected chi connectivity index (χ0v) is 12.1. The highest BCUT2D eigenvalue weighted by Gasteiger charge is 2.34. The molecule has 1 N–H and O–H groups in total. The SMILES string of the molecule is O=S(=O)(c1ccc2c(c1)CCC2)N1CCOCC1CO. The number of nitrogens with zero attached hydrogens (tertiary/aromatic N) is 1. The highest BCUT2D eigenvalue weighted by atomic mass is 32.2. The van der Waals surface area contributed by atoms with Crippen LogP contribution in [0.25, 0.3) is 0 Å². The Bertz CT molecular complexity index is 599. The summed E-state index contributed by atoms with van der Waals surface area (Å²) in [5.41, 5.74) is 2.39. The molecule has 5 nitrogen and oxygen atoms in total. The number of hydrogen-bond donors (Lipinski definition) is 1. The summed E-state index contributed by atoms with van der Waals surface area (Å²) in [5.74, 6) is 0. The first kappa shape index (κ1) is 14.0. The maximum atomic E-state index is 12.7. The smallest absolute Gasteiger partial charge is 0.243 e. The molecule has 0 radical (unpaired) electrons. The molecule has 1 aromatic rings. The highest BCUT2D eigenvalue weighted by Crippen LogP contribution is 2.27. The van der Waals surface area contributed by atoms with Crippen LogP contribution in [0, 0.1) is 0 Å². The van der Waals surface area contributed by atoms with Crippen LogP contribution in [0.3, 0.4) is 0 Å². The second-order valence-electron chi connectivity index (χ2n) is 5.31. The third kappa shape index (κ3) is 2.37. The van der Waals surface area contributed by atoms with Crippen LogP contribution in [0.4, 0.5) is 0 Å². The molecular formula is C14H19NO4S. The van der Waals surface area contributed by atoms with Crippen molar-refractivity contribution in [3.63, 3.8) is 0 Å². The molecule has 0 spiro atoms. The van der Waals surface area contributed by atoms with Gasteiger partial charge in [0.05, 0.1) is 30.8 Å². The second-order valence-corrected chi connectivity index (χ2v) is 7.20. The number of hydrogen-bond acceptors (Lipinski definition) is 4. The van der Waals surface area contributed by atoms with Crippen molar-refractivity contribution >= 4 is 10.0 Å². The van der Waals surface area contributed by atoms with Crippen LogP contribution in [-0.2, 0) is 27.6 Å². The number of fused-ring (bicyclic) bond motifs is 1. The minimum atomic E-state index is -3.55. The van der Waals surface area contributed by atoms with Crippen LogP contribution in [0.15, 0.2) is 23.1 Å². The monoisotopic (exact) mass is 297 g/mol. The maximum absolute atomic E-state index is 12.7. The summed E-state index contributed by atoms with van der Waals surface area (Å²) in [6, 6.07) is 4.91. The summed E-state index contributed by atoms with van der Waals surface area (Å²) in [4.78, 5) is 0.332. The van der Waals surface area contributed by atoms with E-state index < -0.39 is 16.1 Å². The lowest BCUT2D eigenvalue weighted by atomic mass is 10.1. The van der Waals surface area contributed by atoms with E-state index in [0.29, 0.717) is 18.0 Å². The number of sulfonamides is 1. The van der Waals surface area contributed by atoms with Crippen LogP contribution in [0.2, 0.25) is 0 Å². The van der Waals surface area contributed by atoms with E-state index in [9.17, 15) is 13.5 Å². The van der Waals surface area contributed by atoms with Crippen molar-refractivity contribution in [1.82, 2.24) is 4.31 Å². The summed E-state index contributed by atoms with van der Waals surface area (Å²) in [5, 5.41) is 9.34. The van der Waals surface area contributed by atoms with Gasteiger partial charge in [-0.25, -0.2) is 8.42 Å². The topological polar surface area (TPSA) is 66.8 Å². The molecule has 1 unspecified atom stereocenters. The molecule has 1 fully saturated rings. The first-order valence-corrected chi connectivity index (χ1v) is 8.39. The van der Waals surface area contributed by atoms with Gasteiger partial charge in [0.15, 0.2) is 0 Å². The van der Waals surface area contributed by atoms with Gasteiger partial charge in [-0.15, -0.1) is 0 Å². The Kier molecular flexibility index (Phi) is 3.81. The Morgan fingerprint density at radius 3 is 2.90 bits per heavy atom. The third-order valence-electron chi connectivity index (χ3n) is 4.06. The average Bonchev–Trinajstić information content (AvgIpc) is 2.94. The first-order chi connectivity index (χ1) is 9.63. The van der Waals surface area contributed by atoms with Crippen LogP contribution >= 0.6 is 0 Å². The molecular weight excluding hydrogens is 278 g/mol. The molecule has 0 bridgehead atoms. The maximum Gasteiger partial charge on any atom is 0.243 e. The molecule has 20 heavy (non-hydrogen) atoms. The number of morpholine rings is 1. The van der Waals surface area contributed by atoms with E-state index >= 15 is 0 Å². The molecule has 0 aromatic heterocycles. The van der Waals surface area contributed by atoms with Gasteiger partial charge in [0.1, 0.15) is 0 Å². The number of rotatable bonds is 3. The fourth-order valence-electron chi connectivity index (χ4n) is 2.94. The molecule has 110 valence electrons. The highest BCUT2D eigenvalue weighted by molar-refractivity contribution is 7.89. The molecule has 1 aliphatic carbocycles. The standard InChI is InChI=1S/C14H19NO4S/c16-9-13-10-19-7-6-15(13)20(17,18)14-5-4-11-2-1-3-12(11)8-14/h4-5,8,13,16H,1-3,6-7,9-10H2. The van der Waals surface area contributed by atoms with E-state index in [4.69, 9.17) is 4.74 Å². The summed E-state index contributed by atoms with van der Waals surface area (Å²) in [6.07, 6.45) is 3.08. The number of benzene rings is 1. The Morgan fingerprint density at radius 1 is 1.30 bits per heavy atom. The molecule has 2 aliphatic rings. The summed E-state index contributed by atoms with van der Waals surface area (Å²) >= 11 is 0.